The zero-order valence-corrected chi connectivity index (χ0v) is 17.2. The molecule has 0 saturated heterocycles. The molecule has 27 heavy (non-hydrogen) atoms. The van der Waals surface area contributed by atoms with Gasteiger partial charge in [-0.3, -0.25) is 0 Å². The summed E-state index contributed by atoms with van der Waals surface area (Å²) in [5.41, 5.74) is 2.10. The topological polar surface area (TPSA) is 67.9 Å². The molecule has 2 aromatic carbocycles. The summed E-state index contributed by atoms with van der Waals surface area (Å²) < 4.78 is 37.0. The smallest absolute Gasteiger partial charge is 0.243 e. The fourth-order valence-electron chi connectivity index (χ4n) is 2.83. The Morgan fingerprint density at radius 1 is 0.852 bits per heavy atom. The fraction of sp³-hybridized carbons (Fsp3) is 0.400. The number of rotatable bonds is 10. The van der Waals surface area contributed by atoms with Crippen LogP contribution in [0.2, 0.25) is 0 Å². The second kappa shape index (κ2) is 9.73. The molecule has 0 fully saturated rings. The second-order valence-corrected chi connectivity index (χ2v) is 7.96. The maximum Gasteiger partial charge on any atom is 0.243 e. The largest absolute Gasteiger partial charge is 0.493 e. The molecular formula is C20H28N2O4S. The Labute approximate surface area is 162 Å². The van der Waals surface area contributed by atoms with E-state index in [0.29, 0.717) is 42.6 Å². The lowest BCUT2D eigenvalue weighted by atomic mass is 10.2. The molecule has 2 aromatic rings. The van der Waals surface area contributed by atoms with Crippen LogP contribution < -0.4 is 14.8 Å². The molecule has 0 aliphatic rings. The van der Waals surface area contributed by atoms with Crippen LogP contribution in [0.4, 0.5) is 0 Å². The van der Waals surface area contributed by atoms with Crippen LogP contribution in [0.5, 0.6) is 11.5 Å². The van der Waals surface area contributed by atoms with Crippen LogP contribution in [-0.2, 0) is 23.1 Å². The zero-order valence-electron chi connectivity index (χ0n) is 16.4. The van der Waals surface area contributed by atoms with Gasteiger partial charge >= 0.3 is 0 Å². The summed E-state index contributed by atoms with van der Waals surface area (Å²) in [6, 6.07) is 12.8. The highest BCUT2D eigenvalue weighted by molar-refractivity contribution is 7.89. The Morgan fingerprint density at radius 2 is 1.41 bits per heavy atom. The van der Waals surface area contributed by atoms with E-state index in [-0.39, 0.29) is 0 Å². The molecule has 148 valence electrons. The van der Waals surface area contributed by atoms with Gasteiger partial charge in [-0.15, -0.1) is 0 Å². The standard InChI is InChI=1S/C20H28N2O4S/c1-5-22(6-2)27(23,24)18-10-7-16(8-11-18)14-21-15-17-9-12-19(25-3)20(13-17)26-4/h7-13,21H,5-6,14-15H2,1-4H3. The quantitative estimate of drug-likeness (QED) is 0.673. The van der Waals surface area contributed by atoms with Crippen LogP contribution in [0.3, 0.4) is 0 Å². The van der Waals surface area contributed by atoms with Gasteiger partial charge in [-0.2, -0.15) is 4.31 Å². The van der Waals surface area contributed by atoms with Crippen molar-refractivity contribution >= 4 is 10.0 Å². The van der Waals surface area contributed by atoms with Gasteiger partial charge in [0, 0.05) is 26.2 Å². The Balaban J connectivity index is 1.98. The predicted molar refractivity (Wildman–Crippen MR) is 107 cm³/mol. The van der Waals surface area contributed by atoms with Gasteiger partial charge in [0.1, 0.15) is 0 Å². The van der Waals surface area contributed by atoms with Crippen LogP contribution in [0.15, 0.2) is 47.4 Å². The predicted octanol–water partition coefficient (Wildman–Crippen LogP) is 3.02. The van der Waals surface area contributed by atoms with Crippen molar-refractivity contribution in [2.45, 2.75) is 31.8 Å². The SMILES string of the molecule is CCN(CC)S(=O)(=O)c1ccc(CNCc2ccc(OC)c(OC)c2)cc1. The molecule has 0 saturated carbocycles. The summed E-state index contributed by atoms with van der Waals surface area (Å²) in [6.07, 6.45) is 0. The molecule has 0 aliphatic carbocycles. The summed E-state index contributed by atoms with van der Waals surface area (Å²) in [7, 11) is -0.184. The lowest BCUT2D eigenvalue weighted by Gasteiger charge is -2.18. The lowest BCUT2D eigenvalue weighted by molar-refractivity contribution is 0.354. The van der Waals surface area contributed by atoms with Crippen LogP contribution in [-0.4, -0.2) is 40.0 Å². The minimum Gasteiger partial charge on any atom is -0.493 e. The maximum atomic E-state index is 12.5. The minimum atomic E-state index is -3.41. The molecule has 0 aliphatic heterocycles. The van der Waals surface area contributed by atoms with Crippen molar-refractivity contribution in [3.8, 4) is 11.5 Å². The number of ether oxygens (including phenoxy) is 2. The van der Waals surface area contributed by atoms with E-state index in [0.717, 1.165) is 11.1 Å². The molecule has 0 unspecified atom stereocenters. The molecule has 0 amide bonds. The highest BCUT2D eigenvalue weighted by atomic mass is 32.2. The molecular weight excluding hydrogens is 364 g/mol. The number of hydrogen-bond donors (Lipinski definition) is 1. The average molecular weight is 393 g/mol. The average Bonchev–Trinajstić information content (AvgIpc) is 2.69. The monoisotopic (exact) mass is 392 g/mol. The van der Waals surface area contributed by atoms with Crippen molar-refractivity contribution in [3.05, 3.63) is 53.6 Å². The van der Waals surface area contributed by atoms with E-state index in [1.165, 1.54) is 4.31 Å². The number of methoxy groups -OCH3 is 2. The van der Waals surface area contributed by atoms with E-state index in [9.17, 15) is 8.42 Å². The second-order valence-electron chi connectivity index (χ2n) is 6.03. The molecule has 0 aromatic heterocycles. The van der Waals surface area contributed by atoms with Crippen molar-refractivity contribution in [1.29, 1.82) is 0 Å². The number of sulfonamides is 1. The Morgan fingerprint density at radius 3 is 1.96 bits per heavy atom. The van der Waals surface area contributed by atoms with Gasteiger partial charge in [0.2, 0.25) is 10.0 Å². The van der Waals surface area contributed by atoms with Gasteiger partial charge in [-0.05, 0) is 35.4 Å². The molecule has 2 rings (SSSR count). The first-order chi connectivity index (χ1) is 13.0. The van der Waals surface area contributed by atoms with Gasteiger partial charge in [-0.25, -0.2) is 8.42 Å². The Kier molecular flexibility index (Phi) is 7.65. The Hall–Kier alpha value is -2.09. The van der Waals surface area contributed by atoms with Crippen LogP contribution in [0, 0.1) is 0 Å². The van der Waals surface area contributed by atoms with Gasteiger partial charge in [-0.1, -0.05) is 32.0 Å². The molecule has 0 bridgehead atoms. The zero-order chi connectivity index (χ0) is 19.9. The molecule has 0 heterocycles. The van der Waals surface area contributed by atoms with E-state index < -0.39 is 10.0 Å². The third-order valence-electron chi connectivity index (χ3n) is 4.37. The van der Waals surface area contributed by atoms with Crippen LogP contribution >= 0.6 is 0 Å². The number of hydrogen-bond acceptors (Lipinski definition) is 5. The summed E-state index contributed by atoms with van der Waals surface area (Å²) in [4.78, 5) is 0.329. The number of benzene rings is 2. The molecule has 0 spiro atoms. The highest BCUT2D eigenvalue weighted by Crippen LogP contribution is 2.27. The Bertz CT molecular complexity index is 832. The summed E-state index contributed by atoms with van der Waals surface area (Å²) in [6.45, 7) is 5.92. The van der Waals surface area contributed by atoms with Crippen LogP contribution in [0.1, 0.15) is 25.0 Å². The summed E-state index contributed by atoms with van der Waals surface area (Å²) in [5, 5.41) is 3.35. The van der Waals surface area contributed by atoms with Crippen molar-refractivity contribution in [2.24, 2.45) is 0 Å². The van der Waals surface area contributed by atoms with E-state index in [1.807, 2.05) is 44.2 Å². The van der Waals surface area contributed by atoms with Crippen molar-refractivity contribution in [1.82, 2.24) is 9.62 Å². The first-order valence-electron chi connectivity index (χ1n) is 8.97. The van der Waals surface area contributed by atoms with E-state index in [2.05, 4.69) is 5.32 Å². The normalized spacial score (nSPS) is 11.6. The van der Waals surface area contributed by atoms with Crippen molar-refractivity contribution < 1.29 is 17.9 Å². The van der Waals surface area contributed by atoms with E-state index >= 15 is 0 Å². The maximum absolute atomic E-state index is 12.5. The van der Waals surface area contributed by atoms with Gasteiger partial charge in [0.25, 0.3) is 0 Å². The third-order valence-corrected chi connectivity index (χ3v) is 6.44. The molecule has 7 heteroatoms. The van der Waals surface area contributed by atoms with E-state index in [4.69, 9.17) is 9.47 Å². The van der Waals surface area contributed by atoms with Gasteiger partial charge in [0.05, 0.1) is 19.1 Å². The first-order valence-corrected chi connectivity index (χ1v) is 10.4. The molecule has 0 atom stereocenters. The molecule has 6 nitrogen and oxygen atoms in total. The lowest BCUT2D eigenvalue weighted by Crippen LogP contribution is -2.30. The van der Waals surface area contributed by atoms with Crippen molar-refractivity contribution in [3.63, 3.8) is 0 Å². The summed E-state index contributed by atoms with van der Waals surface area (Å²) >= 11 is 0. The summed E-state index contributed by atoms with van der Waals surface area (Å²) in [5.74, 6) is 1.40. The van der Waals surface area contributed by atoms with E-state index in [1.54, 1.807) is 26.4 Å². The third kappa shape index (κ3) is 5.22. The number of nitrogens with one attached hydrogen (secondary N) is 1. The van der Waals surface area contributed by atoms with Gasteiger partial charge in [0.15, 0.2) is 11.5 Å². The van der Waals surface area contributed by atoms with Gasteiger partial charge < -0.3 is 14.8 Å². The molecule has 1 N–H and O–H groups in total. The highest BCUT2D eigenvalue weighted by Gasteiger charge is 2.21. The fourth-order valence-corrected chi connectivity index (χ4v) is 4.29. The van der Waals surface area contributed by atoms with Crippen molar-refractivity contribution in [2.75, 3.05) is 27.3 Å². The van der Waals surface area contributed by atoms with Crippen LogP contribution in [0.25, 0.3) is 0 Å². The molecule has 0 radical (unpaired) electrons. The number of nitrogens with zero attached hydrogens (tertiary/aromatic N) is 1. The first kappa shape index (κ1) is 21.2. The minimum absolute atomic E-state index is 0.329.